The Kier molecular flexibility index (Phi) is 3.56. The topological polar surface area (TPSA) is 46.3 Å². The summed E-state index contributed by atoms with van der Waals surface area (Å²) in [6, 6.07) is 0.0980. The molecule has 1 saturated heterocycles. The van der Waals surface area contributed by atoms with Crippen molar-refractivity contribution < 1.29 is 18.0 Å². The van der Waals surface area contributed by atoms with Crippen LogP contribution in [0.4, 0.5) is 13.2 Å². The predicted molar refractivity (Wildman–Crippen MR) is 83.9 cm³/mol. The lowest BCUT2D eigenvalue weighted by Gasteiger charge is -2.62. The van der Waals surface area contributed by atoms with Gasteiger partial charge in [-0.25, -0.2) is 0 Å². The first kappa shape index (κ1) is 16.7. The third-order valence-corrected chi connectivity index (χ3v) is 7.37. The van der Waals surface area contributed by atoms with E-state index in [4.69, 9.17) is 5.73 Å². The van der Waals surface area contributed by atoms with Gasteiger partial charge in [0.2, 0.25) is 5.91 Å². The van der Waals surface area contributed by atoms with Gasteiger partial charge in [0.15, 0.2) is 0 Å². The number of nitrogens with two attached hydrogens (primary N) is 1. The molecule has 4 bridgehead atoms. The Morgan fingerprint density at radius 3 is 2.29 bits per heavy atom. The van der Waals surface area contributed by atoms with Crippen LogP contribution in [0.3, 0.4) is 0 Å². The van der Waals surface area contributed by atoms with Crippen molar-refractivity contribution in [3.8, 4) is 0 Å². The number of amides is 1. The van der Waals surface area contributed by atoms with Crippen LogP contribution < -0.4 is 5.73 Å². The van der Waals surface area contributed by atoms with Crippen LogP contribution in [-0.2, 0) is 4.79 Å². The van der Waals surface area contributed by atoms with Gasteiger partial charge in [0.25, 0.3) is 0 Å². The van der Waals surface area contributed by atoms with Crippen molar-refractivity contribution in [2.75, 3.05) is 13.1 Å². The average molecular weight is 344 g/mol. The lowest BCUT2D eigenvalue weighted by molar-refractivity contribution is -0.284. The minimum absolute atomic E-state index is 0.00586. The molecule has 4 unspecified atom stereocenters. The van der Waals surface area contributed by atoms with Crippen molar-refractivity contribution >= 4 is 5.91 Å². The van der Waals surface area contributed by atoms with Gasteiger partial charge in [-0.3, -0.25) is 4.79 Å². The van der Waals surface area contributed by atoms with Crippen molar-refractivity contribution in [1.82, 2.24) is 4.90 Å². The number of likely N-dealkylation sites (tertiary alicyclic amines) is 1. The third-order valence-electron chi connectivity index (χ3n) is 7.37. The molecular weight excluding hydrogens is 317 g/mol. The Hall–Kier alpha value is -0.780. The average Bonchev–Trinajstić information content (AvgIpc) is 2.85. The Bertz CT molecular complexity index is 533. The number of hydrogen-bond acceptors (Lipinski definition) is 2. The van der Waals surface area contributed by atoms with Gasteiger partial charge in [-0.2, -0.15) is 13.2 Å². The zero-order valence-corrected chi connectivity index (χ0v) is 14.2. The van der Waals surface area contributed by atoms with Crippen molar-refractivity contribution in [1.29, 1.82) is 0 Å². The summed E-state index contributed by atoms with van der Waals surface area (Å²) in [5.41, 5.74) is 3.38. The molecule has 3 nitrogen and oxygen atoms in total. The fourth-order valence-corrected chi connectivity index (χ4v) is 6.75. The van der Waals surface area contributed by atoms with E-state index in [1.54, 1.807) is 0 Å². The molecular formula is C18H27F3N2O. The molecule has 0 aromatic carbocycles. The number of rotatable bonds is 2. The molecule has 5 fully saturated rings. The predicted octanol–water partition coefficient (Wildman–Crippen LogP) is 3.33. The van der Waals surface area contributed by atoms with Crippen LogP contribution in [0.5, 0.6) is 0 Å². The van der Waals surface area contributed by atoms with Gasteiger partial charge >= 0.3 is 6.18 Å². The molecule has 5 aliphatic rings. The van der Waals surface area contributed by atoms with Crippen LogP contribution >= 0.6 is 0 Å². The second-order valence-corrected chi connectivity index (χ2v) is 9.16. The summed E-state index contributed by atoms with van der Waals surface area (Å²) in [7, 11) is 0. The summed E-state index contributed by atoms with van der Waals surface area (Å²) in [4.78, 5) is 15.2. The molecule has 136 valence electrons. The zero-order chi connectivity index (χ0) is 17.3. The lowest BCUT2D eigenvalue weighted by Crippen LogP contribution is -2.62. The molecule has 4 atom stereocenters. The number of hydrogen-bond donors (Lipinski definition) is 1. The van der Waals surface area contributed by atoms with Gasteiger partial charge < -0.3 is 10.6 Å². The summed E-state index contributed by atoms with van der Waals surface area (Å²) >= 11 is 0. The first-order valence-electron chi connectivity index (χ1n) is 9.26. The standard InChI is InChI=1S/C18H27F3N2O/c1-11-2-14(8-22)9-23(11)15(24)16-4-12-3-13(5-16)7-17(6-12,10-16)18(19,20)21/h11-14H,2-10,22H2,1H3. The fourth-order valence-electron chi connectivity index (χ4n) is 6.75. The molecule has 0 aromatic heterocycles. The van der Waals surface area contributed by atoms with Gasteiger partial charge in [0.1, 0.15) is 0 Å². The highest BCUT2D eigenvalue weighted by Gasteiger charge is 2.69. The van der Waals surface area contributed by atoms with Gasteiger partial charge in [-0.1, -0.05) is 0 Å². The van der Waals surface area contributed by atoms with Gasteiger partial charge in [-0.15, -0.1) is 0 Å². The SMILES string of the molecule is CC1CC(CN)CN1C(=O)C12CC3CC(C1)CC(C(F)(F)F)(C3)C2. The molecule has 0 aromatic rings. The van der Waals surface area contributed by atoms with E-state index in [2.05, 4.69) is 0 Å². The highest BCUT2D eigenvalue weighted by Crippen LogP contribution is 2.69. The van der Waals surface area contributed by atoms with E-state index < -0.39 is 17.0 Å². The quantitative estimate of drug-likeness (QED) is 0.835. The summed E-state index contributed by atoms with van der Waals surface area (Å²) in [5.74, 6) is 0.420. The molecule has 0 spiro atoms. The molecule has 4 saturated carbocycles. The highest BCUT2D eigenvalue weighted by atomic mass is 19.4. The molecule has 1 aliphatic heterocycles. The molecule has 0 radical (unpaired) electrons. The van der Waals surface area contributed by atoms with Crippen LogP contribution in [0.1, 0.15) is 51.9 Å². The maximum atomic E-state index is 13.9. The lowest BCUT2D eigenvalue weighted by atomic mass is 9.43. The van der Waals surface area contributed by atoms with Crippen molar-refractivity contribution in [2.24, 2.45) is 34.3 Å². The van der Waals surface area contributed by atoms with Crippen molar-refractivity contribution in [3.05, 3.63) is 0 Å². The Morgan fingerprint density at radius 2 is 1.79 bits per heavy atom. The molecule has 4 aliphatic carbocycles. The number of carbonyl (C=O) groups is 1. The van der Waals surface area contributed by atoms with E-state index in [1.807, 2.05) is 11.8 Å². The summed E-state index contributed by atoms with van der Waals surface area (Å²) in [6.45, 7) is 3.17. The normalized spacial score (nSPS) is 47.5. The van der Waals surface area contributed by atoms with Crippen LogP contribution in [0.2, 0.25) is 0 Å². The van der Waals surface area contributed by atoms with E-state index in [0.29, 0.717) is 25.9 Å². The third kappa shape index (κ3) is 2.24. The Morgan fingerprint density at radius 1 is 1.17 bits per heavy atom. The molecule has 1 heterocycles. The smallest absolute Gasteiger partial charge is 0.339 e. The maximum absolute atomic E-state index is 13.9. The summed E-state index contributed by atoms with van der Waals surface area (Å²) in [5, 5.41) is 0. The fraction of sp³-hybridized carbons (Fsp3) is 0.944. The van der Waals surface area contributed by atoms with Gasteiger partial charge in [0.05, 0.1) is 10.8 Å². The maximum Gasteiger partial charge on any atom is 0.394 e. The zero-order valence-electron chi connectivity index (χ0n) is 14.2. The monoisotopic (exact) mass is 344 g/mol. The molecule has 6 heteroatoms. The van der Waals surface area contributed by atoms with E-state index in [9.17, 15) is 18.0 Å². The van der Waals surface area contributed by atoms with E-state index in [1.165, 1.54) is 0 Å². The van der Waals surface area contributed by atoms with Crippen LogP contribution in [0.15, 0.2) is 0 Å². The second kappa shape index (κ2) is 5.12. The first-order chi connectivity index (χ1) is 11.2. The molecule has 24 heavy (non-hydrogen) atoms. The highest BCUT2D eigenvalue weighted by molar-refractivity contribution is 5.84. The molecule has 5 rings (SSSR count). The summed E-state index contributed by atoms with van der Waals surface area (Å²) in [6.07, 6.45) is -0.610. The molecule has 2 N–H and O–H groups in total. The van der Waals surface area contributed by atoms with Gasteiger partial charge in [0, 0.05) is 12.6 Å². The minimum atomic E-state index is -4.19. The molecule has 1 amide bonds. The van der Waals surface area contributed by atoms with Crippen LogP contribution in [0, 0.1) is 28.6 Å². The Labute approximate surface area is 141 Å². The van der Waals surface area contributed by atoms with E-state index >= 15 is 0 Å². The minimum Gasteiger partial charge on any atom is -0.339 e. The number of halogens is 3. The van der Waals surface area contributed by atoms with Crippen LogP contribution in [0.25, 0.3) is 0 Å². The number of alkyl halides is 3. The largest absolute Gasteiger partial charge is 0.394 e. The number of carbonyl (C=O) groups excluding carboxylic acids is 1. The van der Waals surface area contributed by atoms with Crippen molar-refractivity contribution in [2.45, 2.75) is 64.1 Å². The van der Waals surface area contributed by atoms with Crippen molar-refractivity contribution in [3.63, 3.8) is 0 Å². The van der Waals surface area contributed by atoms with E-state index in [0.717, 1.165) is 12.8 Å². The second-order valence-electron chi connectivity index (χ2n) is 9.16. The summed E-state index contributed by atoms with van der Waals surface area (Å²) < 4.78 is 41.6. The first-order valence-corrected chi connectivity index (χ1v) is 9.26. The van der Waals surface area contributed by atoms with Gasteiger partial charge in [-0.05, 0) is 76.2 Å². The number of nitrogens with zero attached hydrogens (tertiary/aromatic N) is 1. The van der Waals surface area contributed by atoms with Crippen LogP contribution in [-0.4, -0.2) is 36.1 Å². The Balaban J connectivity index is 1.64. The van der Waals surface area contributed by atoms with E-state index in [-0.39, 0.29) is 49.0 Å².